The molecule has 0 saturated carbocycles. The summed E-state index contributed by atoms with van der Waals surface area (Å²) in [6, 6.07) is -1.01. The van der Waals surface area contributed by atoms with Gasteiger partial charge < -0.3 is 10.4 Å². The predicted octanol–water partition coefficient (Wildman–Crippen LogP) is 0.935. The van der Waals surface area contributed by atoms with Gasteiger partial charge in [0.25, 0.3) is 0 Å². The minimum Gasteiger partial charge on any atom is -0.480 e. The molecule has 0 aliphatic carbocycles. The van der Waals surface area contributed by atoms with E-state index in [-0.39, 0.29) is 12.3 Å². The number of rotatable bonds is 5. The zero-order valence-electron chi connectivity index (χ0n) is 8.91. The Morgan fingerprint density at radius 1 is 1.60 bits per heavy atom. The molecule has 4 nitrogen and oxygen atoms in total. The van der Waals surface area contributed by atoms with Crippen LogP contribution in [0.15, 0.2) is 11.6 Å². The Hall–Kier alpha value is -1.76. The first kappa shape index (κ1) is 13.2. The molecule has 1 atom stereocenters. The second-order valence-corrected chi connectivity index (χ2v) is 3.07. The molecular formula is C11H15NO3. The van der Waals surface area contributed by atoms with E-state index in [1.165, 1.54) is 0 Å². The van der Waals surface area contributed by atoms with Crippen LogP contribution in [-0.4, -0.2) is 23.0 Å². The molecule has 0 bridgehead atoms. The lowest BCUT2D eigenvalue weighted by Gasteiger charge is -2.11. The minimum atomic E-state index is -1.12. The molecule has 0 aromatic heterocycles. The number of aliphatic carboxylic acids is 1. The van der Waals surface area contributed by atoms with Gasteiger partial charge in [0.05, 0.1) is 0 Å². The molecule has 2 N–H and O–H groups in total. The van der Waals surface area contributed by atoms with Crippen molar-refractivity contribution in [3.8, 4) is 12.3 Å². The Kier molecular flexibility index (Phi) is 5.88. The number of allylic oxidation sites excluding steroid dienone is 1. The molecule has 0 heterocycles. The summed E-state index contributed by atoms with van der Waals surface area (Å²) < 4.78 is 0. The highest BCUT2D eigenvalue weighted by molar-refractivity contribution is 5.95. The third-order valence-electron chi connectivity index (χ3n) is 1.79. The lowest BCUT2D eigenvalue weighted by atomic mass is 10.2. The van der Waals surface area contributed by atoms with Crippen molar-refractivity contribution in [2.45, 2.75) is 32.7 Å². The largest absolute Gasteiger partial charge is 0.480 e. The second-order valence-electron chi connectivity index (χ2n) is 3.07. The SMILES string of the molecule is C#CCC(NC(=O)/C(C)=C\CC)C(=O)O. The van der Waals surface area contributed by atoms with Crippen LogP contribution in [0.1, 0.15) is 26.7 Å². The van der Waals surface area contributed by atoms with Gasteiger partial charge in [-0.15, -0.1) is 12.3 Å². The average molecular weight is 209 g/mol. The summed E-state index contributed by atoms with van der Waals surface area (Å²) in [5.74, 6) is 0.701. The normalized spacial score (nSPS) is 12.7. The quantitative estimate of drug-likeness (QED) is 0.523. The summed E-state index contributed by atoms with van der Waals surface area (Å²) in [5.41, 5.74) is 0.501. The van der Waals surface area contributed by atoms with Gasteiger partial charge in [-0.1, -0.05) is 13.0 Å². The van der Waals surface area contributed by atoms with E-state index in [9.17, 15) is 9.59 Å². The third kappa shape index (κ3) is 4.87. The lowest BCUT2D eigenvalue weighted by Crippen LogP contribution is -2.40. The summed E-state index contributed by atoms with van der Waals surface area (Å²) in [4.78, 5) is 22.1. The Morgan fingerprint density at radius 3 is 2.60 bits per heavy atom. The van der Waals surface area contributed by atoms with Crippen molar-refractivity contribution in [2.75, 3.05) is 0 Å². The third-order valence-corrected chi connectivity index (χ3v) is 1.79. The van der Waals surface area contributed by atoms with Crippen molar-refractivity contribution in [2.24, 2.45) is 0 Å². The average Bonchev–Trinajstić information content (AvgIpc) is 2.17. The first-order valence-electron chi connectivity index (χ1n) is 4.66. The molecule has 0 spiro atoms. The Morgan fingerprint density at radius 2 is 2.20 bits per heavy atom. The Bertz CT molecular complexity index is 312. The minimum absolute atomic E-state index is 0.0134. The molecular weight excluding hydrogens is 194 g/mol. The van der Waals surface area contributed by atoms with Crippen LogP contribution in [0.5, 0.6) is 0 Å². The van der Waals surface area contributed by atoms with E-state index in [2.05, 4.69) is 11.2 Å². The van der Waals surface area contributed by atoms with Crippen LogP contribution in [0.25, 0.3) is 0 Å². The van der Waals surface area contributed by atoms with Crippen LogP contribution in [0.4, 0.5) is 0 Å². The van der Waals surface area contributed by atoms with Crippen LogP contribution in [-0.2, 0) is 9.59 Å². The number of nitrogens with one attached hydrogen (secondary N) is 1. The van der Waals surface area contributed by atoms with Gasteiger partial charge in [0, 0.05) is 12.0 Å². The molecule has 15 heavy (non-hydrogen) atoms. The van der Waals surface area contributed by atoms with Gasteiger partial charge >= 0.3 is 5.97 Å². The molecule has 0 aromatic rings. The van der Waals surface area contributed by atoms with Crippen LogP contribution in [0.2, 0.25) is 0 Å². The van der Waals surface area contributed by atoms with E-state index in [1.54, 1.807) is 13.0 Å². The molecule has 0 fully saturated rings. The molecule has 0 saturated heterocycles. The second kappa shape index (κ2) is 6.66. The van der Waals surface area contributed by atoms with Crippen LogP contribution >= 0.6 is 0 Å². The molecule has 0 rings (SSSR count). The maximum Gasteiger partial charge on any atom is 0.327 e. The van der Waals surface area contributed by atoms with E-state index in [4.69, 9.17) is 11.5 Å². The fourth-order valence-electron chi connectivity index (χ4n) is 0.989. The van der Waals surface area contributed by atoms with Crippen molar-refractivity contribution in [1.29, 1.82) is 0 Å². The van der Waals surface area contributed by atoms with Gasteiger partial charge in [-0.25, -0.2) is 4.79 Å². The van der Waals surface area contributed by atoms with Gasteiger partial charge in [0.15, 0.2) is 0 Å². The van der Waals surface area contributed by atoms with Crippen molar-refractivity contribution in [3.63, 3.8) is 0 Å². The summed E-state index contributed by atoms with van der Waals surface area (Å²) in [7, 11) is 0. The fraction of sp³-hybridized carbons (Fsp3) is 0.455. The van der Waals surface area contributed by atoms with Crippen LogP contribution in [0, 0.1) is 12.3 Å². The smallest absolute Gasteiger partial charge is 0.327 e. The van der Waals surface area contributed by atoms with Gasteiger partial charge in [-0.2, -0.15) is 0 Å². The van der Waals surface area contributed by atoms with Crippen molar-refractivity contribution in [3.05, 3.63) is 11.6 Å². The highest BCUT2D eigenvalue weighted by atomic mass is 16.4. The zero-order valence-corrected chi connectivity index (χ0v) is 8.91. The Labute approximate surface area is 89.4 Å². The molecule has 0 radical (unpaired) electrons. The molecule has 0 aliphatic rings. The van der Waals surface area contributed by atoms with Crippen LogP contribution in [0.3, 0.4) is 0 Å². The topological polar surface area (TPSA) is 66.4 Å². The predicted molar refractivity (Wildman–Crippen MR) is 57.1 cm³/mol. The number of hydrogen-bond donors (Lipinski definition) is 2. The van der Waals surface area contributed by atoms with Crippen molar-refractivity contribution >= 4 is 11.9 Å². The number of carboxylic acid groups (broad SMARTS) is 1. The number of hydrogen-bond acceptors (Lipinski definition) is 2. The summed E-state index contributed by atoms with van der Waals surface area (Å²) in [6.45, 7) is 3.53. The lowest BCUT2D eigenvalue weighted by molar-refractivity contribution is -0.141. The number of amides is 1. The molecule has 4 heteroatoms. The van der Waals surface area contributed by atoms with Gasteiger partial charge in [-0.3, -0.25) is 4.79 Å². The number of carbonyl (C=O) groups is 2. The van der Waals surface area contributed by atoms with Crippen molar-refractivity contribution in [1.82, 2.24) is 5.32 Å². The number of terminal acetylenes is 1. The van der Waals surface area contributed by atoms with Gasteiger partial charge in [-0.05, 0) is 13.3 Å². The summed E-state index contributed by atoms with van der Waals surface area (Å²) in [6.07, 6.45) is 7.44. The zero-order chi connectivity index (χ0) is 11.8. The maximum atomic E-state index is 11.4. The van der Waals surface area contributed by atoms with Gasteiger partial charge in [0.1, 0.15) is 6.04 Å². The first-order valence-corrected chi connectivity index (χ1v) is 4.66. The van der Waals surface area contributed by atoms with Crippen molar-refractivity contribution < 1.29 is 14.7 Å². The maximum absolute atomic E-state index is 11.4. The van der Waals surface area contributed by atoms with Gasteiger partial charge in [0.2, 0.25) is 5.91 Å². The molecule has 82 valence electrons. The monoisotopic (exact) mass is 209 g/mol. The summed E-state index contributed by atoms with van der Waals surface area (Å²) in [5, 5.41) is 11.1. The summed E-state index contributed by atoms with van der Waals surface area (Å²) >= 11 is 0. The molecule has 0 aromatic carbocycles. The number of carboxylic acids is 1. The van der Waals surface area contributed by atoms with E-state index >= 15 is 0 Å². The molecule has 1 unspecified atom stereocenters. The van der Waals surface area contributed by atoms with E-state index < -0.39 is 12.0 Å². The highest BCUT2D eigenvalue weighted by Crippen LogP contribution is 1.98. The molecule has 0 aliphatic heterocycles. The molecule has 1 amide bonds. The highest BCUT2D eigenvalue weighted by Gasteiger charge is 2.18. The number of carbonyl (C=O) groups excluding carboxylic acids is 1. The Balaban J connectivity index is 4.43. The van der Waals surface area contributed by atoms with E-state index in [0.29, 0.717) is 5.57 Å². The van der Waals surface area contributed by atoms with E-state index in [1.807, 2.05) is 6.92 Å². The first-order chi connectivity index (χ1) is 7.02. The van der Waals surface area contributed by atoms with Crippen LogP contribution < -0.4 is 5.32 Å². The van der Waals surface area contributed by atoms with E-state index in [0.717, 1.165) is 6.42 Å². The standard InChI is InChI=1S/C11H15NO3/c1-4-6-8(3)10(13)12-9(7-5-2)11(14)15/h2,6,9H,4,7H2,1,3H3,(H,12,13)(H,14,15)/b8-6-. The fourth-order valence-corrected chi connectivity index (χ4v) is 0.989.